The fourth-order valence-electron chi connectivity index (χ4n) is 1.37. The lowest BCUT2D eigenvalue weighted by Gasteiger charge is -2.06. The fraction of sp³-hybridized carbons (Fsp3) is 0.0714. The van der Waals surface area contributed by atoms with E-state index in [0.717, 1.165) is 19.1 Å². The Kier molecular flexibility index (Phi) is 5.31. The molecule has 0 saturated heterocycles. The van der Waals surface area contributed by atoms with Crippen molar-refractivity contribution in [1.29, 1.82) is 5.26 Å². The highest BCUT2D eigenvalue weighted by molar-refractivity contribution is 5.52. The number of hydrogen-bond acceptors (Lipinski definition) is 4. The minimum atomic E-state index is -0.948. The van der Waals surface area contributed by atoms with Gasteiger partial charge in [0.15, 0.2) is 0 Å². The van der Waals surface area contributed by atoms with Crippen molar-refractivity contribution in [3.63, 3.8) is 0 Å². The summed E-state index contributed by atoms with van der Waals surface area (Å²) in [5.41, 5.74) is -0.376. The lowest BCUT2D eigenvalue weighted by Crippen LogP contribution is -1.97. The summed E-state index contributed by atoms with van der Waals surface area (Å²) in [5.74, 6) is -2.15. The fourth-order valence-corrected chi connectivity index (χ4v) is 1.37. The molecular weight excluding hydrogens is 282 g/mol. The first-order valence-corrected chi connectivity index (χ1v) is 5.59. The van der Waals surface area contributed by atoms with Gasteiger partial charge in [-0.15, -0.1) is 0 Å². The molecule has 0 aliphatic carbocycles. The van der Waals surface area contributed by atoms with Crippen molar-refractivity contribution in [3.8, 4) is 11.8 Å². The number of nitro groups is 1. The number of rotatable bonds is 5. The first kappa shape index (κ1) is 16.0. The molecule has 0 aliphatic rings. The summed E-state index contributed by atoms with van der Waals surface area (Å²) >= 11 is 0. The van der Waals surface area contributed by atoms with Gasteiger partial charge in [-0.3, -0.25) is 10.1 Å². The minimum absolute atomic E-state index is 0.0809. The van der Waals surface area contributed by atoms with Gasteiger partial charge in [-0.05, 0) is 19.1 Å². The van der Waals surface area contributed by atoms with Gasteiger partial charge in [-0.25, -0.2) is 8.78 Å². The van der Waals surface area contributed by atoms with Crippen LogP contribution in [0.15, 0.2) is 54.3 Å². The number of benzene rings is 1. The van der Waals surface area contributed by atoms with E-state index in [-0.39, 0.29) is 17.1 Å². The monoisotopic (exact) mass is 292 g/mol. The van der Waals surface area contributed by atoms with Crippen LogP contribution < -0.4 is 4.74 Å². The van der Waals surface area contributed by atoms with Crippen LogP contribution in [0.2, 0.25) is 0 Å². The average molecular weight is 292 g/mol. The third kappa shape index (κ3) is 4.87. The molecule has 1 rings (SSSR count). The number of nitro benzene ring substituents is 1. The Bertz CT molecular complexity index is 684. The van der Waals surface area contributed by atoms with Gasteiger partial charge in [0, 0.05) is 18.2 Å². The Morgan fingerprint density at radius 1 is 1.48 bits per heavy atom. The standard InChI is InChI=1S/C14H10F2N2O3/c1-9(15)5-12(16)6-10(2)21-14-4-3-11(8-17)7-13(14)18(19)20/h3-7H,2H2,1H3/b9-5+,12-6+. The molecule has 1 aromatic rings. The summed E-state index contributed by atoms with van der Waals surface area (Å²) in [6, 6.07) is 5.28. The zero-order chi connectivity index (χ0) is 16.0. The molecule has 7 heteroatoms. The molecule has 0 fully saturated rings. The molecule has 0 amide bonds. The van der Waals surface area contributed by atoms with Crippen LogP contribution in [0.4, 0.5) is 14.5 Å². The molecular formula is C14H10F2N2O3. The molecule has 5 nitrogen and oxygen atoms in total. The summed E-state index contributed by atoms with van der Waals surface area (Å²) in [5, 5.41) is 19.6. The SMILES string of the molecule is C=C(/C=C(F)\C=C(/C)F)Oc1ccc(C#N)cc1[N+](=O)[O-]. The molecule has 0 bridgehead atoms. The Labute approximate surface area is 119 Å². The van der Waals surface area contributed by atoms with Crippen LogP contribution >= 0.6 is 0 Å². The van der Waals surface area contributed by atoms with Crippen LogP contribution in [0.25, 0.3) is 0 Å². The van der Waals surface area contributed by atoms with Crippen molar-refractivity contribution in [1.82, 2.24) is 0 Å². The van der Waals surface area contributed by atoms with Gasteiger partial charge < -0.3 is 4.74 Å². The molecule has 0 spiro atoms. The van der Waals surface area contributed by atoms with Crippen molar-refractivity contribution < 1.29 is 18.4 Å². The highest BCUT2D eigenvalue weighted by Gasteiger charge is 2.16. The maximum Gasteiger partial charge on any atom is 0.312 e. The molecule has 0 aliphatic heterocycles. The summed E-state index contributed by atoms with van der Waals surface area (Å²) in [4.78, 5) is 10.1. The average Bonchev–Trinajstić information content (AvgIpc) is 2.37. The predicted molar refractivity (Wildman–Crippen MR) is 71.6 cm³/mol. The van der Waals surface area contributed by atoms with Gasteiger partial charge in [-0.2, -0.15) is 5.26 Å². The van der Waals surface area contributed by atoms with E-state index in [4.69, 9.17) is 10.00 Å². The number of allylic oxidation sites excluding steroid dienone is 4. The Balaban J connectivity index is 3.04. The molecule has 0 heterocycles. The smallest absolute Gasteiger partial charge is 0.312 e. The highest BCUT2D eigenvalue weighted by atomic mass is 19.1. The summed E-state index contributed by atoms with van der Waals surface area (Å²) in [7, 11) is 0. The molecule has 0 N–H and O–H groups in total. The predicted octanol–water partition coefficient (Wildman–Crippen LogP) is 4.09. The van der Waals surface area contributed by atoms with Crippen molar-refractivity contribution >= 4 is 5.69 Å². The van der Waals surface area contributed by atoms with Gasteiger partial charge in [0.1, 0.15) is 11.6 Å². The van der Waals surface area contributed by atoms with E-state index >= 15 is 0 Å². The minimum Gasteiger partial charge on any atom is -0.451 e. The van der Waals surface area contributed by atoms with Gasteiger partial charge in [-0.1, -0.05) is 6.58 Å². The van der Waals surface area contributed by atoms with Crippen molar-refractivity contribution in [3.05, 3.63) is 70.0 Å². The van der Waals surface area contributed by atoms with Crippen molar-refractivity contribution in [2.75, 3.05) is 0 Å². The molecule has 0 radical (unpaired) electrons. The molecule has 0 aromatic heterocycles. The van der Waals surface area contributed by atoms with Gasteiger partial charge in [0.05, 0.1) is 22.4 Å². The van der Waals surface area contributed by atoms with Crippen LogP contribution in [-0.4, -0.2) is 4.92 Å². The van der Waals surface area contributed by atoms with Crippen LogP contribution in [0.5, 0.6) is 5.75 Å². The Morgan fingerprint density at radius 2 is 2.14 bits per heavy atom. The number of ether oxygens (including phenoxy) is 1. The third-order valence-corrected chi connectivity index (χ3v) is 2.16. The van der Waals surface area contributed by atoms with E-state index < -0.39 is 22.3 Å². The topological polar surface area (TPSA) is 76.2 Å². The normalized spacial score (nSPS) is 11.7. The third-order valence-electron chi connectivity index (χ3n) is 2.16. The van der Waals surface area contributed by atoms with E-state index in [1.54, 1.807) is 6.07 Å². The van der Waals surface area contributed by atoms with Crippen molar-refractivity contribution in [2.45, 2.75) is 6.92 Å². The zero-order valence-electron chi connectivity index (χ0n) is 11.0. The summed E-state index contributed by atoms with van der Waals surface area (Å²) < 4.78 is 30.7. The zero-order valence-corrected chi connectivity index (χ0v) is 11.0. The van der Waals surface area contributed by atoms with Crippen LogP contribution in [-0.2, 0) is 0 Å². The molecule has 108 valence electrons. The maximum absolute atomic E-state index is 13.2. The van der Waals surface area contributed by atoms with Gasteiger partial charge in [0.25, 0.3) is 0 Å². The lowest BCUT2D eigenvalue weighted by atomic mass is 10.2. The highest BCUT2D eigenvalue weighted by Crippen LogP contribution is 2.29. The van der Waals surface area contributed by atoms with E-state index in [0.29, 0.717) is 6.08 Å². The van der Waals surface area contributed by atoms with E-state index in [2.05, 4.69) is 6.58 Å². The molecule has 0 atom stereocenters. The van der Waals surface area contributed by atoms with E-state index in [9.17, 15) is 18.9 Å². The van der Waals surface area contributed by atoms with Crippen molar-refractivity contribution in [2.24, 2.45) is 0 Å². The Hall–Kier alpha value is -3.01. The quantitative estimate of drug-likeness (QED) is 0.354. The molecule has 21 heavy (non-hydrogen) atoms. The lowest BCUT2D eigenvalue weighted by molar-refractivity contribution is -0.385. The van der Waals surface area contributed by atoms with Crippen LogP contribution in [0, 0.1) is 21.4 Å². The second-order valence-electron chi connectivity index (χ2n) is 3.88. The summed E-state index contributed by atoms with van der Waals surface area (Å²) in [6.07, 6.45) is 1.40. The molecule has 0 saturated carbocycles. The van der Waals surface area contributed by atoms with Gasteiger partial charge >= 0.3 is 5.69 Å². The van der Waals surface area contributed by atoms with E-state index in [1.807, 2.05) is 0 Å². The second kappa shape index (κ2) is 6.96. The molecule has 1 aromatic carbocycles. The second-order valence-corrected chi connectivity index (χ2v) is 3.88. The first-order chi connectivity index (χ1) is 9.83. The maximum atomic E-state index is 13.2. The Morgan fingerprint density at radius 3 is 2.67 bits per heavy atom. The van der Waals surface area contributed by atoms with E-state index in [1.165, 1.54) is 12.1 Å². The number of hydrogen-bond donors (Lipinski definition) is 0. The first-order valence-electron chi connectivity index (χ1n) is 5.59. The van der Waals surface area contributed by atoms with Crippen LogP contribution in [0.1, 0.15) is 12.5 Å². The molecule has 0 unspecified atom stereocenters. The summed E-state index contributed by atoms with van der Waals surface area (Å²) in [6.45, 7) is 4.42. The number of nitrogens with zero attached hydrogens (tertiary/aromatic N) is 2. The van der Waals surface area contributed by atoms with Gasteiger partial charge in [0.2, 0.25) is 5.75 Å². The number of nitriles is 1. The van der Waals surface area contributed by atoms with Crippen LogP contribution in [0.3, 0.4) is 0 Å². The largest absolute Gasteiger partial charge is 0.451 e. The number of halogens is 2.